The summed E-state index contributed by atoms with van der Waals surface area (Å²) in [6.07, 6.45) is 0. The summed E-state index contributed by atoms with van der Waals surface area (Å²) < 4.78 is 0. The summed E-state index contributed by atoms with van der Waals surface area (Å²) in [5.74, 6) is 1.72. The zero-order chi connectivity index (χ0) is 12.0. The molecule has 0 aliphatic heterocycles. The number of rotatable bonds is 3. The molecule has 0 spiro atoms. The van der Waals surface area contributed by atoms with Crippen LogP contribution in [0.15, 0.2) is 23.2 Å². The summed E-state index contributed by atoms with van der Waals surface area (Å²) in [6, 6.07) is 5.97. The normalized spacial score (nSPS) is 10.5. The Morgan fingerprint density at radius 2 is 2.12 bits per heavy atom. The number of nitrogens with one attached hydrogen (secondary N) is 2. The maximum Gasteiger partial charge on any atom is 0.191 e. The van der Waals surface area contributed by atoms with Crippen molar-refractivity contribution in [1.82, 2.24) is 15.6 Å². The lowest BCUT2D eigenvalue weighted by Gasteiger charge is -2.13. The summed E-state index contributed by atoms with van der Waals surface area (Å²) in [4.78, 5) is 10.5. The number of hydrogen-bond donors (Lipinski definition) is 2. The number of hydrogen-bond acceptors (Lipinski definition) is 3. The predicted molar refractivity (Wildman–Crippen MR) is 83.2 cm³/mol. The third-order valence-electron chi connectivity index (χ3n) is 2.15. The van der Waals surface area contributed by atoms with Gasteiger partial charge in [-0.2, -0.15) is 0 Å². The maximum absolute atomic E-state index is 4.49. The molecule has 1 heterocycles. The highest BCUT2D eigenvalue weighted by molar-refractivity contribution is 14.0. The van der Waals surface area contributed by atoms with E-state index < -0.39 is 0 Å². The van der Waals surface area contributed by atoms with Crippen molar-refractivity contribution in [2.45, 2.75) is 6.54 Å². The molecular formula is C11H20IN5. The molecule has 1 aromatic heterocycles. The minimum absolute atomic E-state index is 0. The van der Waals surface area contributed by atoms with E-state index in [1.165, 1.54) is 0 Å². The Labute approximate surface area is 120 Å². The van der Waals surface area contributed by atoms with Gasteiger partial charge >= 0.3 is 0 Å². The lowest BCUT2D eigenvalue weighted by molar-refractivity contribution is 0.833. The van der Waals surface area contributed by atoms with Crippen LogP contribution in [0.1, 0.15) is 5.69 Å². The molecule has 0 fully saturated rings. The topological polar surface area (TPSA) is 52.6 Å². The lowest BCUT2D eigenvalue weighted by atomic mass is 10.3. The molecular weight excluding hydrogens is 329 g/mol. The van der Waals surface area contributed by atoms with Gasteiger partial charge in [0.1, 0.15) is 5.82 Å². The average molecular weight is 349 g/mol. The quantitative estimate of drug-likeness (QED) is 0.487. The van der Waals surface area contributed by atoms with Gasteiger partial charge in [-0.25, -0.2) is 4.98 Å². The molecule has 6 heteroatoms. The summed E-state index contributed by atoms with van der Waals surface area (Å²) in [5, 5.41) is 6.12. The first-order valence-corrected chi connectivity index (χ1v) is 5.19. The predicted octanol–water partition coefficient (Wildman–Crippen LogP) is 1.06. The number of pyridine rings is 1. The van der Waals surface area contributed by atoms with E-state index in [1.54, 1.807) is 7.05 Å². The van der Waals surface area contributed by atoms with E-state index in [9.17, 15) is 0 Å². The SMILES string of the molecule is CN=C(NC)NCc1cccc(N(C)C)n1.I. The zero-order valence-corrected chi connectivity index (χ0v) is 13.0. The summed E-state index contributed by atoms with van der Waals surface area (Å²) in [6.45, 7) is 0.662. The molecule has 0 bridgehead atoms. The Hall–Kier alpha value is -1.05. The van der Waals surface area contributed by atoms with Crippen molar-refractivity contribution >= 4 is 35.8 Å². The molecule has 1 aromatic rings. The van der Waals surface area contributed by atoms with Gasteiger partial charge in [0.2, 0.25) is 0 Å². The zero-order valence-electron chi connectivity index (χ0n) is 10.7. The van der Waals surface area contributed by atoms with Crippen molar-refractivity contribution in [1.29, 1.82) is 0 Å². The molecule has 0 amide bonds. The maximum atomic E-state index is 4.49. The van der Waals surface area contributed by atoms with Crippen LogP contribution in [0.2, 0.25) is 0 Å². The monoisotopic (exact) mass is 349 g/mol. The van der Waals surface area contributed by atoms with Gasteiger partial charge in [0.25, 0.3) is 0 Å². The summed E-state index contributed by atoms with van der Waals surface area (Å²) >= 11 is 0. The van der Waals surface area contributed by atoms with Crippen molar-refractivity contribution in [3.8, 4) is 0 Å². The molecule has 0 aliphatic rings. The minimum Gasteiger partial charge on any atom is -0.363 e. The van der Waals surface area contributed by atoms with Gasteiger partial charge in [-0.1, -0.05) is 6.07 Å². The van der Waals surface area contributed by atoms with Crippen LogP contribution < -0.4 is 15.5 Å². The standard InChI is InChI=1S/C11H19N5.HI/c1-12-11(13-2)14-8-9-6-5-7-10(15-9)16(3)4;/h5-7H,8H2,1-4H3,(H2,12,13,14);1H. The van der Waals surface area contributed by atoms with Gasteiger partial charge in [0.15, 0.2) is 5.96 Å². The van der Waals surface area contributed by atoms with Gasteiger partial charge in [-0.3, -0.25) is 4.99 Å². The summed E-state index contributed by atoms with van der Waals surface area (Å²) in [7, 11) is 7.53. The number of aromatic nitrogens is 1. The molecule has 96 valence electrons. The van der Waals surface area contributed by atoms with E-state index in [4.69, 9.17) is 0 Å². The van der Waals surface area contributed by atoms with Gasteiger partial charge in [0.05, 0.1) is 12.2 Å². The second-order valence-corrected chi connectivity index (χ2v) is 3.56. The first-order valence-electron chi connectivity index (χ1n) is 5.19. The molecule has 0 atom stereocenters. The van der Waals surface area contributed by atoms with Crippen molar-refractivity contribution < 1.29 is 0 Å². The Kier molecular flexibility index (Phi) is 7.60. The van der Waals surface area contributed by atoms with Crippen LogP contribution in [-0.2, 0) is 6.54 Å². The Bertz CT molecular complexity index is 365. The molecule has 5 nitrogen and oxygen atoms in total. The fraction of sp³-hybridized carbons (Fsp3) is 0.455. The van der Waals surface area contributed by atoms with E-state index >= 15 is 0 Å². The highest BCUT2D eigenvalue weighted by Crippen LogP contribution is 2.07. The van der Waals surface area contributed by atoms with E-state index in [0.717, 1.165) is 17.5 Å². The molecule has 0 saturated heterocycles. The highest BCUT2D eigenvalue weighted by atomic mass is 127. The Morgan fingerprint density at radius 1 is 1.41 bits per heavy atom. The third kappa shape index (κ3) is 5.20. The average Bonchev–Trinajstić information content (AvgIpc) is 2.31. The van der Waals surface area contributed by atoms with Gasteiger partial charge in [0, 0.05) is 28.2 Å². The molecule has 17 heavy (non-hydrogen) atoms. The number of guanidine groups is 1. The minimum atomic E-state index is 0. The molecule has 2 N–H and O–H groups in total. The van der Waals surface area contributed by atoms with E-state index in [1.807, 2.05) is 44.2 Å². The molecule has 0 aliphatic carbocycles. The number of nitrogens with zero attached hydrogens (tertiary/aromatic N) is 3. The van der Waals surface area contributed by atoms with Gasteiger partial charge < -0.3 is 15.5 Å². The van der Waals surface area contributed by atoms with Crippen LogP contribution >= 0.6 is 24.0 Å². The Morgan fingerprint density at radius 3 is 2.65 bits per heavy atom. The largest absolute Gasteiger partial charge is 0.363 e. The van der Waals surface area contributed by atoms with Crippen LogP contribution in [0.5, 0.6) is 0 Å². The number of aliphatic imine (C=N–C) groups is 1. The van der Waals surface area contributed by atoms with E-state index in [2.05, 4.69) is 20.6 Å². The second kappa shape index (κ2) is 8.10. The van der Waals surface area contributed by atoms with Crippen LogP contribution in [0.4, 0.5) is 5.82 Å². The van der Waals surface area contributed by atoms with Crippen LogP contribution in [0.25, 0.3) is 0 Å². The summed E-state index contributed by atoms with van der Waals surface area (Å²) in [5.41, 5.74) is 0.989. The van der Waals surface area contributed by atoms with E-state index in [-0.39, 0.29) is 24.0 Å². The van der Waals surface area contributed by atoms with Gasteiger partial charge in [-0.05, 0) is 12.1 Å². The first kappa shape index (κ1) is 16.0. The van der Waals surface area contributed by atoms with Crippen LogP contribution in [-0.4, -0.2) is 39.1 Å². The number of halogens is 1. The molecule has 0 aromatic carbocycles. The molecule has 0 saturated carbocycles. The van der Waals surface area contributed by atoms with Crippen molar-refractivity contribution in [3.63, 3.8) is 0 Å². The van der Waals surface area contributed by atoms with Crippen molar-refractivity contribution in [2.24, 2.45) is 4.99 Å². The van der Waals surface area contributed by atoms with Crippen LogP contribution in [0.3, 0.4) is 0 Å². The van der Waals surface area contributed by atoms with E-state index in [0.29, 0.717) is 6.54 Å². The molecule has 0 unspecified atom stereocenters. The lowest BCUT2D eigenvalue weighted by Crippen LogP contribution is -2.34. The fourth-order valence-corrected chi connectivity index (χ4v) is 1.27. The fourth-order valence-electron chi connectivity index (χ4n) is 1.27. The molecule has 0 radical (unpaired) electrons. The van der Waals surface area contributed by atoms with Crippen LogP contribution in [0, 0.1) is 0 Å². The first-order chi connectivity index (χ1) is 7.67. The Balaban J connectivity index is 0.00000256. The third-order valence-corrected chi connectivity index (χ3v) is 2.15. The van der Waals surface area contributed by atoms with Gasteiger partial charge in [-0.15, -0.1) is 24.0 Å². The smallest absolute Gasteiger partial charge is 0.191 e. The highest BCUT2D eigenvalue weighted by Gasteiger charge is 2.00. The second-order valence-electron chi connectivity index (χ2n) is 3.56. The molecule has 1 rings (SSSR count). The number of anilines is 1. The van der Waals surface area contributed by atoms with Crippen molar-refractivity contribution in [2.75, 3.05) is 33.1 Å². The van der Waals surface area contributed by atoms with Crippen molar-refractivity contribution in [3.05, 3.63) is 23.9 Å².